The molecule has 194 valence electrons. The summed E-state index contributed by atoms with van der Waals surface area (Å²) < 4.78 is 0. The van der Waals surface area contributed by atoms with Crippen LogP contribution in [-0.4, -0.2) is 42.9 Å². The maximum Gasteiger partial charge on any atom is 0.226 e. The van der Waals surface area contributed by atoms with Crippen LogP contribution in [0.2, 0.25) is 0 Å². The highest BCUT2D eigenvalue weighted by Crippen LogP contribution is 2.41. The van der Waals surface area contributed by atoms with E-state index in [9.17, 15) is 4.79 Å². The highest BCUT2D eigenvalue weighted by atomic mass is 16.2. The minimum Gasteiger partial charge on any atom is -0.342 e. The number of hydrogen-bond acceptors (Lipinski definition) is 3. The zero-order valence-corrected chi connectivity index (χ0v) is 22.7. The van der Waals surface area contributed by atoms with Crippen LogP contribution in [0.5, 0.6) is 0 Å². The van der Waals surface area contributed by atoms with Crippen molar-refractivity contribution in [2.45, 2.75) is 65.2 Å². The average molecular weight is 496 g/mol. The van der Waals surface area contributed by atoms with Crippen molar-refractivity contribution in [3.63, 3.8) is 0 Å². The van der Waals surface area contributed by atoms with Gasteiger partial charge in [0.1, 0.15) is 0 Å². The second-order valence-electron chi connectivity index (χ2n) is 11.4. The molecule has 2 aliphatic heterocycles. The predicted molar refractivity (Wildman–Crippen MR) is 154 cm³/mol. The predicted octanol–water partition coefficient (Wildman–Crippen LogP) is 7.02. The summed E-state index contributed by atoms with van der Waals surface area (Å²) in [5.41, 5.74) is 8.70. The Morgan fingerprint density at radius 1 is 1.27 bits per heavy atom. The molecule has 2 heterocycles. The van der Waals surface area contributed by atoms with E-state index in [4.69, 9.17) is 4.99 Å². The van der Waals surface area contributed by atoms with E-state index in [2.05, 4.69) is 72.3 Å². The number of allylic oxidation sites excluding steroid dienone is 7. The highest BCUT2D eigenvalue weighted by molar-refractivity contribution is 6.11. The summed E-state index contributed by atoms with van der Waals surface area (Å²) in [5.74, 6) is 1.78. The quantitative estimate of drug-likeness (QED) is 0.391. The van der Waals surface area contributed by atoms with E-state index in [0.29, 0.717) is 17.7 Å². The Bertz CT molecular complexity index is 1210. The number of nitrogens with zero attached hydrogens (tertiary/aromatic N) is 3. The van der Waals surface area contributed by atoms with Crippen LogP contribution >= 0.6 is 0 Å². The molecular weight excluding hydrogens is 454 g/mol. The van der Waals surface area contributed by atoms with Gasteiger partial charge in [0.05, 0.1) is 5.71 Å². The van der Waals surface area contributed by atoms with Crippen molar-refractivity contribution in [2.75, 3.05) is 20.1 Å². The number of piperidine rings is 1. The number of carbonyl (C=O) groups excluding carboxylic acids is 1. The molecule has 4 nitrogen and oxygen atoms in total. The number of amides is 1. The van der Waals surface area contributed by atoms with E-state index in [0.717, 1.165) is 75.0 Å². The molecule has 0 N–H and O–H groups in total. The lowest BCUT2D eigenvalue weighted by atomic mass is 9.88. The number of carbonyl (C=O) groups is 1. The summed E-state index contributed by atoms with van der Waals surface area (Å²) in [4.78, 5) is 24.9. The maximum atomic E-state index is 13.4. The first-order chi connectivity index (χ1) is 18.0. The molecule has 1 aromatic carbocycles. The van der Waals surface area contributed by atoms with E-state index in [1.54, 1.807) is 0 Å². The third kappa shape index (κ3) is 5.95. The van der Waals surface area contributed by atoms with E-state index >= 15 is 0 Å². The van der Waals surface area contributed by atoms with Gasteiger partial charge in [-0.2, -0.15) is 0 Å². The summed E-state index contributed by atoms with van der Waals surface area (Å²) in [7, 11) is 1.82. The van der Waals surface area contributed by atoms with Gasteiger partial charge >= 0.3 is 0 Å². The normalized spacial score (nSPS) is 27.1. The number of likely N-dealkylation sites (tertiary alicyclic amines) is 1. The van der Waals surface area contributed by atoms with Crippen LogP contribution in [0.3, 0.4) is 0 Å². The molecule has 2 fully saturated rings. The van der Waals surface area contributed by atoms with E-state index < -0.39 is 0 Å². The van der Waals surface area contributed by atoms with Gasteiger partial charge in [-0.05, 0) is 87.8 Å². The Balaban J connectivity index is 1.24. The number of dihydropyridines is 1. The SMILES string of the molecule is CN=C/C(C)=C1\CC(CCC2CCCN(C(=O)C3CC4=CC=CCC4C3)C2)=CC(c2ccccc2C)=N1. The van der Waals surface area contributed by atoms with Crippen LogP contribution in [-0.2, 0) is 4.79 Å². The van der Waals surface area contributed by atoms with Crippen LogP contribution in [0.4, 0.5) is 0 Å². The topological polar surface area (TPSA) is 45.0 Å². The van der Waals surface area contributed by atoms with Gasteiger partial charge in [0.15, 0.2) is 0 Å². The van der Waals surface area contributed by atoms with Gasteiger partial charge in [-0.25, -0.2) is 0 Å². The van der Waals surface area contributed by atoms with Gasteiger partial charge in [-0.1, -0.05) is 53.6 Å². The minimum atomic E-state index is 0.194. The third-order valence-electron chi connectivity index (χ3n) is 8.69. The number of hydrogen-bond donors (Lipinski definition) is 0. The molecule has 4 aliphatic rings. The first-order valence-corrected chi connectivity index (χ1v) is 14.1. The summed E-state index contributed by atoms with van der Waals surface area (Å²) in [6.07, 6.45) is 19.5. The van der Waals surface area contributed by atoms with Crippen molar-refractivity contribution in [1.82, 2.24) is 4.90 Å². The Hall–Kier alpha value is -3.01. The largest absolute Gasteiger partial charge is 0.342 e. The smallest absolute Gasteiger partial charge is 0.226 e. The molecule has 0 aromatic heterocycles. The molecule has 0 spiro atoms. The van der Waals surface area contributed by atoms with Crippen LogP contribution in [0.25, 0.3) is 0 Å². The van der Waals surface area contributed by atoms with Crippen molar-refractivity contribution >= 4 is 17.8 Å². The van der Waals surface area contributed by atoms with Crippen molar-refractivity contribution in [2.24, 2.45) is 27.7 Å². The summed E-state index contributed by atoms with van der Waals surface area (Å²) >= 11 is 0. The lowest BCUT2D eigenvalue weighted by Gasteiger charge is -2.34. The van der Waals surface area contributed by atoms with Crippen molar-refractivity contribution in [3.8, 4) is 0 Å². The van der Waals surface area contributed by atoms with Crippen molar-refractivity contribution in [3.05, 3.63) is 82.1 Å². The maximum absolute atomic E-state index is 13.4. The number of fused-ring (bicyclic) bond motifs is 1. The van der Waals surface area contributed by atoms with Crippen molar-refractivity contribution in [1.29, 1.82) is 0 Å². The van der Waals surface area contributed by atoms with Gasteiger partial charge in [0.2, 0.25) is 5.91 Å². The molecule has 4 heteroatoms. The molecule has 37 heavy (non-hydrogen) atoms. The van der Waals surface area contributed by atoms with Gasteiger partial charge in [-0.15, -0.1) is 0 Å². The molecular formula is C33H41N3O. The first kappa shape index (κ1) is 25.6. The fourth-order valence-corrected chi connectivity index (χ4v) is 6.58. The van der Waals surface area contributed by atoms with E-state index in [1.807, 2.05) is 13.3 Å². The van der Waals surface area contributed by atoms with E-state index in [-0.39, 0.29) is 5.92 Å². The van der Waals surface area contributed by atoms with Crippen LogP contribution in [0.15, 0.2) is 81.0 Å². The number of aryl methyl sites for hydroxylation is 1. The Morgan fingerprint density at radius 2 is 2.14 bits per heavy atom. The van der Waals surface area contributed by atoms with Crippen LogP contribution < -0.4 is 0 Å². The average Bonchev–Trinajstić information content (AvgIpc) is 3.36. The van der Waals surface area contributed by atoms with Crippen molar-refractivity contribution < 1.29 is 4.79 Å². The van der Waals surface area contributed by atoms with Crippen LogP contribution in [0.1, 0.15) is 69.4 Å². The second-order valence-corrected chi connectivity index (χ2v) is 11.4. The second kappa shape index (κ2) is 11.6. The molecule has 1 amide bonds. The summed E-state index contributed by atoms with van der Waals surface area (Å²) in [6, 6.07) is 8.51. The minimum absolute atomic E-state index is 0.194. The van der Waals surface area contributed by atoms with Gasteiger partial charge in [0, 0.05) is 50.0 Å². The molecule has 1 saturated heterocycles. The van der Waals surface area contributed by atoms with Gasteiger partial charge < -0.3 is 4.90 Å². The number of benzene rings is 1. The molecule has 1 aromatic rings. The first-order valence-electron chi connectivity index (χ1n) is 14.1. The zero-order valence-electron chi connectivity index (χ0n) is 22.7. The summed E-state index contributed by atoms with van der Waals surface area (Å²) in [5, 5.41) is 0. The molecule has 3 atom stereocenters. The Morgan fingerprint density at radius 3 is 2.95 bits per heavy atom. The summed E-state index contributed by atoms with van der Waals surface area (Å²) in [6.45, 7) is 6.13. The molecule has 0 radical (unpaired) electrons. The van der Waals surface area contributed by atoms with Crippen LogP contribution in [0, 0.1) is 24.7 Å². The number of aliphatic imine (C=N–C) groups is 2. The Kier molecular flexibility index (Phi) is 8.02. The van der Waals surface area contributed by atoms with Gasteiger partial charge in [0.25, 0.3) is 0 Å². The lowest BCUT2D eigenvalue weighted by molar-refractivity contribution is -0.137. The monoisotopic (exact) mass is 495 g/mol. The molecule has 0 bridgehead atoms. The fraction of sp³-hybridized carbons (Fsp3) is 0.485. The third-order valence-corrected chi connectivity index (χ3v) is 8.69. The molecule has 2 aliphatic carbocycles. The highest BCUT2D eigenvalue weighted by Gasteiger charge is 2.37. The van der Waals surface area contributed by atoms with Gasteiger partial charge in [-0.3, -0.25) is 14.8 Å². The Labute approximate surface area is 222 Å². The molecule has 3 unspecified atom stereocenters. The molecule has 1 saturated carbocycles. The molecule has 5 rings (SSSR count). The fourth-order valence-electron chi connectivity index (χ4n) is 6.58. The number of rotatable bonds is 6. The zero-order chi connectivity index (χ0) is 25.8. The van der Waals surface area contributed by atoms with E-state index in [1.165, 1.54) is 28.7 Å². The standard InChI is InChI=1S/C33H41N3O/c1-23-9-4-7-13-30(23)32-18-26(17-31(35-32)24(2)21-34-3)15-14-25-10-8-16-36(22-25)33(37)29-19-27-11-5-6-12-28(27)20-29/h4-7,9,11,13,18,21,25,28-29H,8,10,12,14-17,19-20,22H2,1-3H3/b31-24+,34-21?. The lowest BCUT2D eigenvalue weighted by Crippen LogP contribution is -2.42.